The van der Waals surface area contributed by atoms with E-state index in [-0.39, 0.29) is 16.9 Å². The number of amides is 2. The van der Waals surface area contributed by atoms with Crippen molar-refractivity contribution in [2.45, 2.75) is 20.8 Å². The highest BCUT2D eigenvalue weighted by atomic mass is 79.9. The molecule has 0 radical (unpaired) electrons. The molecule has 0 aliphatic carbocycles. The van der Waals surface area contributed by atoms with Gasteiger partial charge >= 0.3 is 0 Å². The van der Waals surface area contributed by atoms with Crippen molar-refractivity contribution >= 4 is 56.4 Å². The quantitative estimate of drug-likeness (QED) is 0.313. The van der Waals surface area contributed by atoms with Crippen LogP contribution >= 0.6 is 28.1 Å². The Hall–Kier alpha value is -3.23. The zero-order valence-electron chi connectivity index (χ0n) is 19.1. The first-order chi connectivity index (χ1) is 16.2. The fraction of sp³-hybridized carbons (Fsp3) is 0.192. The van der Waals surface area contributed by atoms with Crippen LogP contribution in [0.4, 0.5) is 11.4 Å². The molecule has 2 amide bonds. The first-order valence-electron chi connectivity index (χ1n) is 10.7. The fourth-order valence-corrected chi connectivity index (χ4v) is 3.68. The van der Waals surface area contributed by atoms with Crippen LogP contribution in [0.1, 0.15) is 40.1 Å². The normalized spacial score (nSPS) is 10.5. The monoisotopic (exact) mass is 539 g/mol. The standard InChI is InChI=1S/C26H26BrN3O3S/c1-16(2)15-33-23-12-7-19(14-22(23)27)25(32)30-26(34)29-21-10-8-20(9-11-21)28-24(31)18-6-4-5-17(3)13-18/h4-14,16H,15H2,1-3H3,(H,28,31)(H2,29,30,32,34). The molecule has 0 atom stereocenters. The van der Waals surface area contributed by atoms with Crippen molar-refractivity contribution in [2.24, 2.45) is 5.92 Å². The first-order valence-corrected chi connectivity index (χ1v) is 11.9. The number of halogens is 1. The maximum atomic E-state index is 12.6. The van der Waals surface area contributed by atoms with Crippen LogP contribution in [0.25, 0.3) is 0 Å². The second kappa shape index (κ2) is 11.8. The third-order valence-electron chi connectivity index (χ3n) is 4.67. The minimum Gasteiger partial charge on any atom is -0.492 e. The van der Waals surface area contributed by atoms with Gasteiger partial charge in [0.1, 0.15) is 5.75 Å². The summed E-state index contributed by atoms with van der Waals surface area (Å²) in [6, 6.07) is 19.6. The van der Waals surface area contributed by atoms with Crippen LogP contribution in [0.15, 0.2) is 71.2 Å². The van der Waals surface area contributed by atoms with Gasteiger partial charge in [0.2, 0.25) is 0 Å². The highest BCUT2D eigenvalue weighted by Crippen LogP contribution is 2.26. The number of carbonyl (C=O) groups excluding carboxylic acids is 2. The summed E-state index contributed by atoms with van der Waals surface area (Å²) < 4.78 is 6.41. The third-order valence-corrected chi connectivity index (χ3v) is 5.50. The van der Waals surface area contributed by atoms with Gasteiger partial charge in [-0.05, 0) is 95.6 Å². The van der Waals surface area contributed by atoms with Gasteiger partial charge in [-0.3, -0.25) is 14.9 Å². The summed E-state index contributed by atoms with van der Waals surface area (Å²) >= 11 is 8.71. The lowest BCUT2D eigenvalue weighted by Gasteiger charge is -2.13. The average molecular weight is 540 g/mol. The summed E-state index contributed by atoms with van der Waals surface area (Å²) in [6.45, 7) is 6.67. The third kappa shape index (κ3) is 7.40. The van der Waals surface area contributed by atoms with Crippen LogP contribution in [-0.2, 0) is 0 Å². The van der Waals surface area contributed by atoms with Gasteiger partial charge in [-0.25, -0.2) is 0 Å². The van der Waals surface area contributed by atoms with Crippen LogP contribution in [-0.4, -0.2) is 23.5 Å². The summed E-state index contributed by atoms with van der Waals surface area (Å²) in [5.74, 6) is 0.562. The number of hydrogen-bond acceptors (Lipinski definition) is 4. The molecule has 0 bridgehead atoms. The van der Waals surface area contributed by atoms with Crippen molar-refractivity contribution in [3.05, 3.63) is 87.9 Å². The molecule has 0 unspecified atom stereocenters. The van der Waals surface area contributed by atoms with E-state index in [1.165, 1.54) is 0 Å². The van der Waals surface area contributed by atoms with Gasteiger partial charge in [0.05, 0.1) is 11.1 Å². The second-order valence-electron chi connectivity index (χ2n) is 8.16. The van der Waals surface area contributed by atoms with Crippen LogP contribution in [0, 0.1) is 12.8 Å². The van der Waals surface area contributed by atoms with Crippen LogP contribution in [0.2, 0.25) is 0 Å². The molecule has 0 aliphatic rings. The molecule has 0 heterocycles. The number of benzene rings is 3. The van der Waals surface area contributed by atoms with Crippen molar-refractivity contribution < 1.29 is 14.3 Å². The summed E-state index contributed by atoms with van der Waals surface area (Å²) in [7, 11) is 0. The predicted octanol–water partition coefficient (Wildman–Crippen LogP) is 6.17. The fourth-order valence-electron chi connectivity index (χ4n) is 2.98. The minimum absolute atomic E-state index is 0.165. The van der Waals surface area contributed by atoms with E-state index in [0.717, 1.165) is 5.56 Å². The van der Waals surface area contributed by atoms with Gasteiger partial charge in [0.25, 0.3) is 11.8 Å². The van der Waals surface area contributed by atoms with Crippen molar-refractivity contribution in [2.75, 3.05) is 17.2 Å². The Balaban J connectivity index is 1.54. The summed E-state index contributed by atoms with van der Waals surface area (Å²) in [5.41, 5.74) is 3.39. The molecule has 8 heteroatoms. The molecule has 3 N–H and O–H groups in total. The summed E-state index contributed by atoms with van der Waals surface area (Å²) in [4.78, 5) is 25.0. The molecule has 0 aliphatic heterocycles. The maximum absolute atomic E-state index is 12.6. The molecule has 6 nitrogen and oxygen atoms in total. The van der Waals surface area contributed by atoms with Gasteiger partial charge < -0.3 is 15.4 Å². The van der Waals surface area contributed by atoms with E-state index < -0.39 is 0 Å². The molecule has 0 saturated carbocycles. The highest BCUT2D eigenvalue weighted by molar-refractivity contribution is 9.10. The Morgan fingerprint density at radius 1 is 0.912 bits per heavy atom. The second-order valence-corrected chi connectivity index (χ2v) is 9.42. The van der Waals surface area contributed by atoms with Crippen molar-refractivity contribution in [1.82, 2.24) is 5.32 Å². The van der Waals surface area contributed by atoms with Crippen molar-refractivity contribution in [1.29, 1.82) is 0 Å². The highest BCUT2D eigenvalue weighted by Gasteiger charge is 2.12. The zero-order chi connectivity index (χ0) is 24.7. The smallest absolute Gasteiger partial charge is 0.257 e. The van der Waals surface area contributed by atoms with Crippen LogP contribution in [0.5, 0.6) is 5.75 Å². The predicted molar refractivity (Wildman–Crippen MR) is 144 cm³/mol. The van der Waals surface area contributed by atoms with E-state index in [0.29, 0.717) is 45.2 Å². The average Bonchev–Trinajstić information content (AvgIpc) is 2.79. The maximum Gasteiger partial charge on any atom is 0.257 e. The van der Waals surface area contributed by atoms with E-state index >= 15 is 0 Å². The van der Waals surface area contributed by atoms with Gasteiger partial charge in [0, 0.05) is 22.5 Å². The molecule has 3 rings (SSSR count). The minimum atomic E-state index is -0.337. The number of nitrogens with one attached hydrogen (secondary N) is 3. The topological polar surface area (TPSA) is 79.5 Å². The molecule has 176 valence electrons. The molecule has 0 fully saturated rings. The van der Waals surface area contributed by atoms with E-state index in [2.05, 4.69) is 45.7 Å². The number of thiocarbonyl (C=S) groups is 1. The number of hydrogen-bond donors (Lipinski definition) is 3. The van der Waals surface area contributed by atoms with Crippen molar-refractivity contribution in [3.63, 3.8) is 0 Å². The largest absolute Gasteiger partial charge is 0.492 e. The molecule has 34 heavy (non-hydrogen) atoms. The van der Waals surface area contributed by atoms with Gasteiger partial charge in [-0.1, -0.05) is 31.5 Å². The molecule has 3 aromatic rings. The Morgan fingerprint density at radius 2 is 1.56 bits per heavy atom. The summed E-state index contributed by atoms with van der Waals surface area (Å²) in [6.07, 6.45) is 0. The Morgan fingerprint density at radius 3 is 2.18 bits per heavy atom. The number of anilines is 2. The Kier molecular flexibility index (Phi) is 8.79. The number of aryl methyl sites for hydroxylation is 1. The van der Waals surface area contributed by atoms with Gasteiger partial charge in [-0.15, -0.1) is 0 Å². The first kappa shape index (κ1) is 25.4. The zero-order valence-corrected chi connectivity index (χ0v) is 21.5. The molecular formula is C26H26BrN3O3S. The lowest BCUT2D eigenvalue weighted by atomic mass is 10.1. The van der Waals surface area contributed by atoms with Gasteiger partial charge in [-0.2, -0.15) is 0 Å². The Labute approximate surface area is 213 Å². The van der Waals surface area contributed by atoms with Gasteiger partial charge in [0.15, 0.2) is 5.11 Å². The Bertz CT molecular complexity index is 1200. The molecule has 0 saturated heterocycles. The van der Waals surface area contributed by atoms with Crippen LogP contribution < -0.4 is 20.7 Å². The van der Waals surface area contributed by atoms with Crippen LogP contribution in [0.3, 0.4) is 0 Å². The van der Waals surface area contributed by atoms with E-state index in [4.69, 9.17) is 17.0 Å². The van der Waals surface area contributed by atoms with Crippen molar-refractivity contribution in [3.8, 4) is 5.75 Å². The molecular weight excluding hydrogens is 514 g/mol. The SMILES string of the molecule is Cc1cccc(C(=O)Nc2ccc(NC(=S)NC(=O)c3ccc(OCC(C)C)c(Br)c3)cc2)c1. The van der Waals surface area contributed by atoms with E-state index in [9.17, 15) is 9.59 Å². The lowest BCUT2D eigenvalue weighted by Crippen LogP contribution is -2.34. The molecule has 3 aromatic carbocycles. The van der Waals surface area contributed by atoms with E-state index in [1.807, 2.05) is 25.1 Å². The lowest BCUT2D eigenvalue weighted by molar-refractivity contribution is 0.0976. The van der Waals surface area contributed by atoms with E-state index in [1.54, 1.807) is 48.5 Å². The number of ether oxygens (including phenoxy) is 1. The molecule has 0 spiro atoms. The number of rotatable bonds is 7. The number of carbonyl (C=O) groups is 2. The summed E-state index contributed by atoms with van der Waals surface area (Å²) in [5, 5.41) is 8.66. The molecule has 0 aromatic heterocycles.